The SMILES string of the molecule is O=P(c1ccccc1)(c1ccccc1)c1cccc(-c2nc3ccccc3c3oc4ccccc4c23)c1. The van der Waals surface area contributed by atoms with E-state index in [1.54, 1.807) is 0 Å². The molecule has 0 unspecified atom stereocenters. The van der Waals surface area contributed by atoms with E-state index in [0.717, 1.165) is 60.0 Å². The minimum Gasteiger partial charge on any atom is -0.455 e. The molecule has 2 heterocycles. The minimum atomic E-state index is -3.12. The average Bonchev–Trinajstić information content (AvgIpc) is 3.37. The molecule has 0 fully saturated rings. The van der Waals surface area contributed by atoms with Crippen molar-refractivity contribution in [2.24, 2.45) is 0 Å². The second kappa shape index (κ2) is 8.58. The van der Waals surface area contributed by atoms with Gasteiger partial charge < -0.3 is 8.98 Å². The van der Waals surface area contributed by atoms with Crippen LogP contribution in [-0.4, -0.2) is 4.98 Å². The zero-order valence-corrected chi connectivity index (χ0v) is 20.8. The summed E-state index contributed by atoms with van der Waals surface area (Å²) in [7, 11) is -3.12. The molecule has 0 aliphatic heterocycles. The Kier molecular flexibility index (Phi) is 5.06. The van der Waals surface area contributed by atoms with Crippen molar-refractivity contribution in [1.29, 1.82) is 0 Å². The van der Waals surface area contributed by atoms with E-state index in [9.17, 15) is 0 Å². The van der Waals surface area contributed by atoms with E-state index in [0.29, 0.717) is 0 Å². The van der Waals surface area contributed by atoms with Crippen LogP contribution >= 0.6 is 7.14 Å². The standard InChI is InChI=1S/C33H22NO2P/c35-37(24-13-3-1-4-14-24,25-15-5-2-6-16-25)26-17-11-12-23(22-26)32-31-28-19-8-10-21-30(28)36-33(31)27-18-7-9-20-29(27)34-32/h1-22H. The van der Waals surface area contributed by atoms with Crippen LogP contribution in [0.2, 0.25) is 0 Å². The minimum absolute atomic E-state index is 0.776. The van der Waals surface area contributed by atoms with Crippen molar-refractivity contribution in [3.63, 3.8) is 0 Å². The van der Waals surface area contributed by atoms with E-state index in [1.807, 2.05) is 127 Å². The summed E-state index contributed by atoms with van der Waals surface area (Å²) in [5, 5.41) is 5.37. The highest BCUT2D eigenvalue weighted by molar-refractivity contribution is 7.85. The van der Waals surface area contributed by atoms with E-state index in [1.165, 1.54) is 0 Å². The molecule has 0 atom stereocenters. The largest absolute Gasteiger partial charge is 0.455 e. The summed E-state index contributed by atoms with van der Waals surface area (Å²) in [5.74, 6) is 0. The second-order valence-electron chi connectivity index (χ2n) is 9.11. The van der Waals surface area contributed by atoms with Crippen molar-refractivity contribution in [2.75, 3.05) is 0 Å². The van der Waals surface area contributed by atoms with Gasteiger partial charge in [-0.25, -0.2) is 4.98 Å². The lowest BCUT2D eigenvalue weighted by Gasteiger charge is -2.20. The number of furan rings is 1. The maximum atomic E-state index is 15.0. The first-order chi connectivity index (χ1) is 18.2. The summed E-state index contributed by atoms with van der Waals surface area (Å²) in [6.45, 7) is 0. The maximum Gasteiger partial charge on any atom is 0.171 e. The Morgan fingerprint density at radius 1 is 0.568 bits per heavy atom. The molecule has 7 rings (SSSR count). The summed E-state index contributed by atoms with van der Waals surface area (Å²) >= 11 is 0. The fraction of sp³-hybridized carbons (Fsp3) is 0. The first-order valence-corrected chi connectivity index (χ1v) is 14.0. The van der Waals surface area contributed by atoms with Gasteiger partial charge in [-0.1, -0.05) is 109 Å². The summed E-state index contributed by atoms with van der Waals surface area (Å²) in [6, 6.07) is 43.7. The molecule has 5 aromatic carbocycles. The molecule has 0 spiro atoms. The first-order valence-electron chi connectivity index (χ1n) is 12.3. The molecule has 2 aromatic heterocycles. The van der Waals surface area contributed by atoms with Crippen LogP contribution in [0.5, 0.6) is 0 Å². The van der Waals surface area contributed by atoms with Gasteiger partial charge in [0, 0.05) is 32.2 Å². The van der Waals surface area contributed by atoms with E-state index in [-0.39, 0.29) is 0 Å². The molecular formula is C33H22NO2P. The predicted molar refractivity (Wildman–Crippen MR) is 154 cm³/mol. The summed E-state index contributed by atoms with van der Waals surface area (Å²) in [5.41, 5.74) is 4.25. The molecule has 4 heteroatoms. The van der Waals surface area contributed by atoms with Crippen molar-refractivity contribution in [2.45, 2.75) is 0 Å². The lowest BCUT2D eigenvalue weighted by molar-refractivity contribution is 0.592. The highest BCUT2D eigenvalue weighted by atomic mass is 31.2. The van der Waals surface area contributed by atoms with Crippen LogP contribution in [0.3, 0.4) is 0 Å². The third kappa shape index (κ3) is 3.43. The number of benzene rings is 5. The molecule has 0 aliphatic carbocycles. The molecule has 0 aliphatic rings. The Hall–Kier alpha value is -4.46. The molecule has 0 amide bonds. The lowest BCUT2D eigenvalue weighted by Crippen LogP contribution is -2.25. The Morgan fingerprint density at radius 2 is 1.16 bits per heavy atom. The number of hydrogen-bond donors (Lipinski definition) is 0. The summed E-state index contributed by atoms with van der Waals surface area (Å²) in [4.78, 5) is 5.11. The molecule has 176 valence electrons. The summed E-state index contributed by atoms with van der Waals surface area (Å²) in [6.07, 6.45) is 0. The fourth-order valence-corrected chi connectivity index (χ4v) is 7.89. The maximum absolute atomic E-state index is 15.0. The van der Waals surface area contributed by atoms with Crippen molar-refractivity contribution >= 4 is 55.9 Å². The van der Waals surface area contributed by atoms with Gasteiger partial charge in [0.2, 0.25) is 0 Å². The monoisotopic (exact) mass is 495 g/mol. The van der Waals surface area contributed by atoms with Crippen LogP contribution in [-0.2, 0) is 4.57 Å². The molecule has 3 nitrogen and oxygen atoms in total. The van der Waals surface area contributed by atoms with Crippen LogP contribution in [0.1, 0.15) is 0 Å². The van der Waals surface area contributed by atoms with Crippen LogP contribution < -0.4 is 15.9 Å². The van der Waals surface area contributed by atoms with Gasteiger partial charge >= 0.3 is 0 Å². The number of hydrogen-bond acceptors (Lipinski definition) is 3. The van der Waals surface area contributed by atoms with Crippen molar-refractivity contribution < 1.29 is 8.98 Å². The molecule has 0 radical (unpaired) electrons. The van der Waals surface area contributed by atoms with Gasteiger partial charge in [0.05, 0.1) is 16.6 Å². The highest BCUT2D eigenvalue weighted by Gasteiger charge is 2.30. The number of aromatic nitrogens is 1. The Morgan fingerprint density at radius 3 is 1.89 bits per heavy atom. The van der Waals surface area contributed by atoms with Gasteiger partial charge in [-0.3, -0.25) is 0 Å². The van der Waals surface area contributed by atoms with Gasteiger partial charge in [0.15, 0.2) is 7.14 Å². The Bertz CT molecular complexity index is 1920. The van der Waals surface area contributed by atoms with Crippen LogP contribution in [0, 0.1) is 0 Å². The van der Waals surface area contributed by atoms with E-state index >= 15 is 4.57 Å². The zero-order chi connectivity index (χ0) is 24.8. The number of fused-ring (bicyclic) bond motifs is 5. The first kappa shape index (κ1) is 21.8. The molecule has 7 aromatic rings. The van der Waals surface area contributed by atoms with Crippen LogP contribution in [0.15, 0.2) is 138 Å². The van der Waals surface area contributed by atoms with Gasteiger partial charge in [-0.2, -0.15) is 0 Å². The quantitative estimate of drug-likeness (QED) is 0.238. The molecule has 0 saturated heterocycles. The van der Waals surface area contributed by atoms with Gasteiger partial charge in [0.1, 0.15) is 11.2 Å². The van der Waals surface area contributed by atoms with Crippen molar-refractivity contribution in [3.05, 3.63) is 133 Å². The zero-order valence-electron chi connectivity index (χ0n) is 19.9. The molecule has 0 saturated carbocycles. The number of nitrogens with zero attached hydrogens (tertiary/aromatic N) is 1. The van der Waals surface area contributed by atoms with E-state index in [4.69, 9.17) is 9.40 Å². The molecule has 0 N–H and O–H groups in total. The van der Waals surface area contributed by atoms with E-state index < -0.39 is 7.14 Å². The Balaban J connectivity index is 1.53. The van der Waals surface area contributed by atoms with Crippen molar-refractivity contribution in [3.8, 4) is 11.3 Å². The average molecular weight is 496 g/mol. The second-order valence-corrected chi connectivity index (χ2v) is 11.9. The molecule has 37 heavy (non-hydrogen) atoms. The number of pyridine rings is 1. The Labute approximate surface area is 214 Å². The van der Waals surface area contributed by atoms with E-state index in [2.05, 4.69) is 6.07 Å². The number of rotatable bonds is 4. The van der Waals surface area contributed by atoms with Gasteiger partial charge in [-0.15, -0.1) is 0 Å². The topological polar surface area (TPSA) is 43.1 Å². The van der Waals surface area contributed by atoms with Crippen molar-refractivity contribution in [1.82, 2.24) is 4.98 Å². The molecule has 0 bridgehead atoms. The van der Waals surface area contributed by atoms with Gasteiger partial charge in [0.25, 0.3) is 0 Å². The third-order valence-corrected chi connectivity index (χ3v) is 9.99. The lowest BCUT2D eigenvalue weighted by atomic mass is 10.0. The predicted octanol–water partition coefficient (Wildman–Crippen LogP) is 7.44. The van der Waals surface area contributed by atoms with Crippen LogP contribution in [0.4, 0.5) is 0 Å². The normalized spacial score (nSPS) is 11.9. The summed E-state index contributed by atoms with van der Waals surface area (Å²) < 4.78 is 21.4. The smallest absolute Gasteiger partial charge is 0.171 e. The number of para-hydroxylation sites is 2. The molecular weight excluding hydrogens is 473 g/mol. The fourth-order valence-electron chi connectivity index (χ4n) is 5.19. The highest BCUT2D eigenvalue weighted by Crippen LogP contribution is 2.44. The van der Waals surface area contributed by atoms with Crippen LogP contribution in [0.25, 0.3) is 44.1 Å². The van der Waals surface area contributed by atoms with Gasteiger partial charge in [-0.05, 0) is 24.3 Å². The third-order valence-electron chi connectivity index (χ3n) is 6.94.